The van der Waals surface area contributed by atoms with Crippen LogP contribution in [0.15, 0.2) is 16.4 Å². The first-order chi connectivity index (χ1) is 11.3. The summed E-state index contributed by atoms with van der Waals surface area (Å²) in [6.07, 6.45) is 5.79. The second kappa shape index (κ2) is 10.9. The third-order valence-corrected chi connectivity index (χ3v) is 5.70. The second-order valence-corrected chi connectivity index (χ2v) is 7.77. The van der Waals surface area contributed by atoms with Gasteiger partial charge in [0.2, 0.25) is 0 Å². The summed E-state index contributed by atoms with van der Waals surface area (Å²) >= 11 is 3.82. The predicted octanol–water partition coefficient (Wildman–Crippen LogP) is 2.80. The van der Waals surface area contributed by atoms with Crippen molar-refractivity contribution in [3.05, 3.63) is 21.9 Å². The molecule has 2 heterocycles. The number of aliphatic imine (C=N–C) groups is 1. The zero-order valence-electron chi connectivity index (χ0n) is 14.4. The summed E-state index contributed by atoms with van der Waals surface area (Å²) in [5.41, 5.74) is 1.52. The Morgan fingerprint density at radius 2 is 2.30 bits per heavy atom. The van der Waals surface area contributed by atoms with Crippen molar-refractivity contribution in [3.63, 3.8) is 0 Å². The number of nitrogens with zero attached hydrogens (tertiary/aromatic N) is 2. The lowest BCUT2D eigenvalue weighted by Gasteiger charge is -2.27. The highest BCUT2D eigenvalue weighted by atomic mass is 32.2. The lowest BCUT2D eigenvalue weighted by Crippen LogP contribution is -2.42. The molecule has 6 heteroatoms. The molecule has 1 aliphatic rings. The van der Waals surface area contributed by atoms with Crippen molar-refractivity contribution in [2.45, 2.75) is 32.7 Å². The topological polar surface area (TPSA) is 39.7 Å². The summed E-state index contributed by atoms with van der Waals surface area (Å²) in [6.45, 7) is 8.26. The molecule has 4 nitrogen and oxygen atoms in total. The molecule has 0 unspecified atom stereocenters. The van der Waals surface area contributed by atoms with Gasteiger partial charge in [0.1, 0.15) is 0 Å². The van der Waals surface area contributed by atoms with Gasteiger partial charge in [0.25, 0.3) is 0 Å². The van der Waals surface area contributed by atoms with Crippen molar-refractivity contribution in [2.75, 3.05) is 44.7 Å². The van der Waals surface area contributed by atoms with Gasteiger partial charge in [0.05, 0.1) is 0 Å². The normalized spacial score (nSPS) is 15.5. The molecule has 0 saturated heterocycles. The molecule has 0 atom stereocenters. The van der Waals surface area contributed by atoms with E-state index in [9.17, 15) is 0 Å². The summed E-state index contributed by atoms with van der Waals surface area (Å²) in [6, 6.07) is 2.28. The second-order valence-electron chi connectivity index (χ2n) is 5.78. The molecule has 0 bridgehead atoms. The van der Waals surface area contributed by atoms with E-state index < -0.39 is 0 Å². The molecule has 0 radical (unpaired) electrons. The van der Waals surface area contributed by atoms with Crippen LogP contribution in [0.4, 0.5) is 0 Å². The summed E-state index contributed by atoms with van der Waals surface area (Å²) < 4.78 is 0. The van der Waals surface area contributed by atoms with Gasteiger partial charge in [-0.3, -0.25) is 9.89 Å². The SMILES string of the molecule is CCNC(=NCCCCSC)NCCN1CCc2sccc2C1. The first-order valence-electron chi connectivity index (χ1n) is 8.62. The van der Waals surface area contributed by atoms with Gasteiger partial charge >= 0.3 is 0 Å². The molecule has 1 aliphatic heterocycles. The molecule has 0 saturated carbocycles. The van der Waals surface area contributed by atoms with Crippen molar-refractivity contribution in [1.82, 2.24) is 15.5 Å². The Morgan fingerprint density at radius 3 is 3.13 bits per heavy atom. The number of unbranched alkanes of at least 4 members (excludes halogenated alkanes) is 1. The molecule has 23 heavy (non-hydrogen) atoms. The molecule has 0 fully saturated rings. The molecule has 0 aromatic carbocycles. The van der Waals surface area contributed by atoms with E-state index in [1.54, 1.807) is 4.88 Å². The van der Waals surface area contributed by atoms with Crippen LogP contribution in [0.5, 0.6) is 0 Å². The minimum Gasteiger partial charge on any atom is -0.357 e. The van der Waals surface area contributed by atoms with Gasteiger partial charge < -0.3 is 10.6 Å². The molecule has 1 aromatic heterocycles. The van der Waals surface area contributed by atoms with Crippen LogP contribution in [0.3, 0.4) is 0 Å². The number of guanidine groups is 1. The summed E-state index contributed by atoms with van der Waals surface area (Å²) in [7, 11) is 0. The highest BCUT2D eigenvalue weighted by molar-refractivity contribution is 7.98. The Kier molecular flexibility index (Phi) is 8.86. The largest absolute Gasteiger partial charge is 0.357 e. The predicted molar refractivity (Wildman–Crippen MR) is 105 cm³/mol. The summed E-state index contributed by atoms with van der Waals surface area (Å²) in [5.74, 6) is 2.20. The van der Waals surface area contributed by atoms with Crippen LogP contribution in [0.25, 0.3) is 0 Å². The lowest BCUT2D eigenvalue weighted by atomic mass is 10.1. The number of fused-ring (bicyclic) bond motifs is 1. The number of hydrogen-bond acceptors (Lipinski definition) is 4. The van der Waals surface area contributed by atoms with Crippen LogP contribution in [-0.4, -0.2) is 55.6 Å². The van der Waals surface area contributed by atoms with E-state index in [2.05, 4.69) is 45.2 Å². The zero-order chi connectivity index (χ0) is 16.3. The van der Waals surface area contributed by atoms with Gasteiger partial charge in [0.15, 0.2) is 5.96 Å². The molecule has 0 aliphatic carbocycles. The van der Waals surface area contributed by atoms with E-state index in [0.29, 0.717) is 0 Å². The van der Waals surface area contributed by atoms with E-state index in [1.165, 1.54) is 37.1 Å². The fourth-order valence-electron chi connectivity index (χ4n) is 2.72. The summed E-state index contributed by atoms with van der Waals surface area (Å²) in [4.78, 5) is 8.77. The Balaban J connectivity index is 1.66. The van der Waals surface area contributed by atoms with E-state index >= 15 is 0 Å². The van der Waals surface area contributed by atoms with Crippen molar-refractivity contribution in [2.24, 2.45) is 4.99 Å². The number of rotatable bonds is 9. The van der Waals surface area contributed by atoms with E-state index in [4.69, 9.17) is 0 Å². The molecule has 130 valence electrons. The van der Waals surface area contributed by atoms with E-state index in [-0.39, 0.29) is 0 Å². The van der Waals surface area contributed by atoms with Gasteiger partial charge in [-0.15, -0.1) is 11.3 Å². The maximum atomic E-state index is 4.66. The number of thiophene rings is 1. The maximum absolute atomic E-state index is 4.66. The van der Waals surface area contributed by atoms with Gasteiger partial charge in [0, 0.05) is 44.1 Å². The number of thioether (sulfide) groups is 1. The molecule has 2 N–H and O–H groups in total. The Hall–Kier alpha value is -0.720. The molecule has 0 spiro atoms. The minimum atomic E-state index is 0.915. The molecular formula is C17H30N4S2. The Bertz CT molecular complexity index is 473. The molecule has 1 aromatic rings. The Labute approximate surface area is 149 Å². The quantitative estimate of drug-likeness (QED) is 0.406. The van der Waals surface area contributed by atoms with Gasteiger partial charge in [-0.25, -0.2) is 0 Å². The average Bonchev–Trinajstić information content (AvgIpc) is 3.02. The van der Waals surface area contributed by atoms with E-state index in [0.717, 1.165) is 38.7 Å². The fourth-order valence-corrected chi connectivity index (χ4v) is 4.10. The smallest absolute Gasteiger partial charge is 0.191 e. The molecular weight excluding hydrogens is 324 g/mol. The standard InChI is InChI=1S/C17H30N4S2/c1-3-18-17(19-8-4-5-12-22-2)20-9-11-21-10-6-16-15(14-21)7-13-23-16/h7,13H,3-6,8-12,14H2,1-2H3,(H2,18,19,20). The van der Waals surface area contributed by atoms with Crippen molar-refractivity contribution in [1.29, 1.82) is 0 Å². The third-order valence-electron chi connectivity index (χ3n) is 3.98. The lowest BCUT2D eigenvalue weighted by molar-refractivity contribution is 0.260. The number of nitrogens with one attached hydrogen (secondary N) is 2. The van der Waals surface area contributed by atoms with Gasteiger partial charge in [-0.2, -0.15) is 11.8 Å². The van der Waals surface area contributed by atoms with E-state index in [1.807, 2.05) is 23.1 Å². The van der Waals surface area contributed by atoms with Crippen molar-refractivity contribution >= 4 is 29.1 Å². The van der Waals surface area contributed by atoms with Crippen LogP contribution < -0.4 is 10.6 Å². The summed E-state index contributed by atoms with van der Waals surface area (Å²) in [5, 5.41) is 9.03. The average molecular weight is 355 g/mol. The van der Waals surface area contributed by atoms with Crippen LogP contribution in [0.2, 0.25) is 0 Å². The Morgan fingerprint density at radius 1 is 1.39 bits per heavy atom. The van der Waals surface area contributed by atoms with Gasteiger partial charge in [-0.1, -0.05) is 0 Å². The van der Waals surface area contributed by atoms with Crippen LogP contribution >= 0.6 is 23.1 Å². The zero-order valence-corrected chi connectivity index (χ0v) is 16.1. The fraction of sp³-hybridized carbons (Fsp3) is 0.706. The van der Waals surface area contributed by atoms with Crippen LogP contribution in [-0.2, 0) is 13.0 Å². The van der Waals surface area contributed by atoms with Gasteiger partial charge in [-0.05, 0) is 55.2 Å². The van der Waals surface area contributed by atoms with Crippen molar-refractivity contribution in [3.8, 4) is 0 Å². The molecule has 2 rings (SSSR count). The van der Waals surface area contributed by atoms with Crippen molar-refractivity contribution < 1.29 is 0 Å². The minimum absolute atomic E-state index is 0.915. The monoisotopic (exact) mass is 354 g/mol. The van der Waals surface area contributed by atoms with Crippen LogP contribution in [0.1, 0.15) is 30.2 Å². The first-order valence-corrected chi connectivity index (χ1v) is 10.9. The highest BCUT2D eigenvalue weighted by Crippen LogP contribution is 2.23. The first kappa shape index (κ1) is 18.6. The molecule has 0 amide bonds. The maximum Gasteiger partial charge on any atom is 0.191 e. The third kappa shape index (κ3) is 6.73. The van der Waals surface area contributed by atoms with Crippen LogP contribution in [0, 0.1) is 0 Å². The highest BCUT2D eigenvalue weighted by Gasteiger charge is 2.16. The number of hydrogen-bond donors (Lipinski definition) is 2.